The van der Waals surface area contributed by atoms with Gasteiger partial charge in [0, 0.05) is 11.8 Å². The largest absolute Gasteiger partial charge is 0.463 e. The van der Waals surface area contributed by atoms with Crippen LogP contribution in [0.25, 0.3) is 0 Å². The molecule has 0 aromatic heterocycles. The lowest BCUT2D eigenvalue weighted by Crippen LogP contribution is -2.64. The van der Waals surface area contributed by atoms with Crippen molar-refractivity contribution in [1.29, 1.82) is 0 Å². The smallest absolute Gasteiger partial charge is 0.312 e. The van der Waals surface area contributed by atoms with E-state index in [4.69, 9.17) is 4.74 Å². The number of hydrogen-bond acceptors (Lipinski definition) is 3. The third-order valence-corrected chi connectivity index (χ3v) is 13.1. The molecule has 0 aromatic carbocycles. The maximum atomic E-state index is 13.8. The van der Waals surface area contributed by atoms with Crippen molar-refractivity contribution < 1.29 is 14.3 Å². The molecule has 4 fully saturated rings. The van der Waals surface area contributed by atoms with Gasteiger partial charge in [-0.2, -0.15) is 0 Å². The Morgan fingerprint density at radius 2 is 1.58 bits per heavy atom. The zero-order chi connectivity index (χ0) is 26.5. The number of rotatable bonds is 2. The molecule has 7 atom stereocenters. The molecule has 3 heteroatoms. The maximum absolute atomic E-state index is 13.8. The van der Waals surface area contributed by atoms with Crippen LogP contribution in [0.15, 0.2) is 11.6 Å². The minimum atomic E-state index is -0.352. The molecule has 0 bridgehead atoms. The molecule has 0 radical (unpaired) electrons. The average Bonchev–Trinajstić information content (AvgIpc) is 2.76. The summed E-state index contributed by atoms with van der Waals surface area (Å²) in [5, 5.41) is 0. The second-order valence-electron chi connectivity index (χ2n) is 16.0. The summed E-state index contributed by atoms with van der Waals surface area (Å²) >= 11 is 0. The zero-order valence-corrected chi connectivity index (χ0v) is 24.7. The number of fused-ring (bicyclic) bond motifs is 7. The highest BCUT2D eigenvalue weighted by atomic mass is 16.5. The van der Waals surface area contributed by atoms with Gasteiger partial charge in [-0.1, -0.05) is 60.1 Å². The molecule has 5 aliphatic rings. The average molecular weight is 497 g/mol. The van der Waals surface area contributed by atoms with E-state index in [1.54, 1.807) is 5.57 Å². The summed E-state index contributed by atoms with van der Waals surface area (Å²) in [6.45, 7) is 20.9. The number of hydrogen-bond donors (Lipinski definition) is 0. The molecule has 0 heterocycles. The maximum Gasteiger partial charge on any atom is 0.312 e. The Balaban J connectivity index is 1.59. The van der Waals surface area contributed by atoms with Gasteiger partial charge in [0.25, 0.3) is 0 Å². The summed E-state index contributed by atoms with van der Waals surface area (Å²) in [5.74, 6) is 1.90. The van der Waals surface area contributed by atoms with Crippen LogP contribution < -0.4 is 0 Å². The molecule has 0 unspecified atom stereocenters. The van der Waals surface area contributed by atoms with Crippen LogP contribution >= 0.6 is 0 Å². The van der Waals surface area contributed by atoms with Crippen LogP contribution in [0, 0.1) is 50.2 Å². The number of ketones is 1. The molecule has 36 heavy (non-hydrogen) atoms. The fraction of sp³-hybridized carbons (Fsp3) is 0.879. The first-order valence-corrected chi connectivity index (χ1v) is 15.0. The van der Waals surface area contributed by atoms with Gasteiger partial charge in [0.2, 0.25) is 0 Å². The predicted octanol–water partition coefficient (Wildman–Crippen LogP) is 8.31. The lowest BCUT2D eigenvalue weighted by Gasteiger charge is -2.70. The van der Waals surface area contributed by atoms with Crippen molar-refractivity contribution in [3.05, 3.63) is 11.6 Å². The predicted molar refractivity (Wildman–Crippen MR) is 145 cm³/mol. The van der Waals surface area contributed by atoms with Crippen molar-refractivity contribution in [1.82, 2.24) is 0 Å². The molecular formula is C33H52O3. The van der Waals surface area contributed by atoms with Gasteiger partial charge in [0.05, 0.1) is 11.5 Å². The minimum Gasteiger partial charge on any atom is -0.463 e. The van der Waals surface area contributed by atoms with Crippen molar-refractivity contribution in [3.8, 4) is 0 Å². The number of carbonyl (C=O) groups is 2. The fourth-order valence-electron chi connectivity index (χ4n) is 10.7. The van der Waals surface area contributed by atoms with Gasteiger partial charge >= 0.3 is 5.97 Å². The number of esters is 1. The van der Waals surface area contributed by atoms with Crippen LogP contribution in [0.4, 0.5) is 0 Å². The Kier molecular flexibility index (Phi) is 5.85. The van der Waals surface area contributed by atoms with E-state index < -0.39 is 0 Å². The Hall–Kier alpha value is -1.12. The standard InChI is InChI=1S/C33H52O3/c1-21(2)36-27(35)33-18-16-28(3,4)20-23(33)22-10-11-25-30(7)14-13-26(34)29(5,6)24(30)12-15-32(25,9)31(22,8)17-19-33/h10,21,23-25H,11-20H2,1-9H3/t23-,24-,25+,30-,31+,32+,33-/m0/s1. The van der Waals surface area contributed by atoms with E-state index in [1.807, 2.05) is 13.8 Å². The second-order valence-corrected chi connectivity index (χ2v) is 16.0. The van der Waals surface area contributed by atoms with E-state index in [-0.39, 0.29) is 44.6 Å². The van der Waals surface area contributed by atoms with E-state index in [9.17, 15) is 9.59 Å². The van der Waals surface area contributed by atoms with Crippen molar-refractivity contribution in [2.75, 3.05) is 0 Å². The molecule has 5 aliphatic carbocycles. The van der Waals surface area contributed by atoms with E-state index in [1.165, 1.54) is 6.42 Å². The van der Waals surface area contributed by atoms with Gasteiger partial charge in [-0.15, -0.1) is 0 Å². The third-order valence-electron chi connectivity index (χ3n) is 13.1. The molecule has 0 aliphatic heterocycles. The Morgan fingerprint density at radius 3 is 2.25 bits per heavy atom. The number of carbonyl (C=O) groups excluding carboxylic acids is 2. The first-order valence-electron chi connectivity index (χ1n) is 15.0. The first-order chi connectivity index (χ1) is 16.5. The zero-order valence-electron chi connectivity index (χ0n) is 24.7. The first kappa shape index (κ1) is 26.5. The molecule has 5 rings (SSSR count). The minimum absolute atomic E-state index is 0.0643. The Morgan fingerprint density at radius 1 is 0.917 bits per heavy atom. The summed E-state index contributed by atoms with van der Waals surface area (Å²) in [6.07, 6.45) is 13.0. The van der Waals surface area contributed by atoms with Gasteiger partial charge in [-0.05, 0) is 111 Å². The van der Waals surface area contributed by atoms with E-state index in [2.05, 4.69) is 54.5 Å². The Bertz CT molecular complexity index is 987. The van der Waals surface area contributed by atoms with E-state index in [0.29, 0.717) is 23.5 Å². The summed E-state index contributed by atoms with van der Waals surface area (Å²) in [6, 6.07) is 0. The lowest BCUT2D eigenvalue weighted by molar-refractivity contribution is -0.192. The topological polar surface area (TPSA) is 43.4 Å². The van der Waals surface area contributed by atoms with Gasteiger partial charge in [-0.25, -0.2) is 0 Å². The van der Waals surface area contributed by atoms with Gasteiger partial charge in [-0.3, -0.25) is 9.59 Å². The molecule has 202 valence electrons. The van der Waals surface area contributed by atoms with Crippen molar-refractivity contribution in [2.24, 2.45) is 50.2 Å². The SMILES string of the molecule is CC(C)OC(=O)[C@]12CCC(C)(C)C[C@H]1C1=CC[C@@H]3[C@@]4(C)CCC(=O)C(C)(C)[C@@H]4CC[C@@]3(C)[C@]1(C)CC2. The van der Waals surface area contributed by atoms with Crippen LogP contribution in [0.5, 0.6) is 0 Å². The van der Waals surface area contributed by atoms with Crippen molar-refractivity contribution in [2.45, 2.75) is 133 Å². The highest BCUT2D eigenvalue weighted by Crippen LogP contribution is 2.75. The highest BCUT2D eigenvalue weighted by Gasteiger charge is 2.69. The summed E-state index contributed by atoms with van der Waals surface area (Å²) in [4.78, 5) is 26.8. The number of allylic oxidation sites excluding steroid dienone is 2. The molecule has 0 N–H and O–H groups in total. The monoisotopic (exact) mass is 496 g/mol. The molecular weight excluding hydrogens is 444 g/mol. The van der Waals surface area contributed by atoms with Crippen LogP contribution in [0.1, 0.15) is 127 Å². The fourth-order valence-corrected chi connectivity index (χ4v) is 10.7. The molecule has 4 saturated carbocycles. The van der Waals surface area contributed by atoms with E-state index in [0.717, 1.165) is 57.8 Å². The summed E-state index contributed by atoms with van der Waals surface area (Å²) in [5.41, 5.74) is 1.79. The summed E-state index contributed by atoms with van der Waals surface area (Å²) in [7, 11) is 0. The molecule has 0 saturated heterocycles. The van der Waals surface area contributed by atoms with Gasteiger partial charge < -0.3 is 4.74 Å². The summed E-state index contributed by atoms with van der Waals surface area (Å²) < 4.78 is 5.98. The van der Waals surface area contributed by atoms with Gasteiger partial charge in [0.1, 0.15) is 5.78 Å². The Labute approximate surface area is 220 Å². The second kappa shape index (κ2) is 7.95. The third kappa shape index (κ3) is 3.35. The number of Topliss-reactive ketones (excluding diaryl/α,β-unsaturated/α-hetero) is 1. The molecule has 0 aromatic rings. The number of ether oxygens (including phenoxy) is 1. The molecule has 0 amide bonds. The molecule has 0 spiro atoms. The quantitative estimate of drug-likeness (QED) is 0.285. The van der Waals surface area contributed by atoms with E-state index >= 15 is 0 Å². The van der Waals surface area contributed by atoms with Crippen LogP contribution in [-0.4, -0.2) is 17.9 Å². The van der Waals surface area contributed by atoms with Crippen LogP contribution in [0.2, 0.25) is 0 Å². The van der Waals surface area contributed by atoms with Crippen molar-refractivity contribution >= 4 is 11.8 Å². The van der Waals surface area contributed by atoms with Crippen molar-refractivity contribution in [3.63, 3.8) is 0 Å². The van der Waals surface area contributed by atoms with Crippen LogP contribution in [0.3, 0.4) is 0 Å². The highest BCUT2D eigenvalue weighted by molar-refractivity contribution is 5.85. The van der Waals surface area contributed by atoms with Gasteiger partial charge in [0.15, 0.2) is 0 Å². The van der Waals surface area contributed by atoms with Crippen LogP contribution in [-0.2, 0) is 14.3 Å². The lowest BCUT2D eigenvalue weighted by atomic mass is 9.33. The normalized spacial score (nSPS) is 47.1. The molecule has 3 nitrogen and oxygen atoms in total.